The van der Waals surface area contributed by atoms with Crippen molar-refractivity contribution in [3.63, 3.8) is 0 Å². The predicted octanol–water partition coefficient (Wildman–Crippen LogP) is 2.09. The number of aromatic hydroxyl groups is 1. The summed E-state index contributed by atoms with van der Waals surface area (Å²) in [4.78, 5) is 11.7. The maximum absolute atomic E-state index is 11.7. The second-order valence-corrected chi connectivity index (χ2v) is 4.69. The van der Waals surface area contributed by atoms with Crippen LogP contribution in [-0.4, -0.2) is 15.3 Å². The van der Waals surface area contributed by atoms with E-state index in [1.54, 1.807) is 24.3 Å². The van der Waals surface area contributed by atoms with Crippen molar-refractivity contribution in [1.82, 2.24) is 10.2 Å². The minimum atomic E-state index is -0.224. The topological polar surface area (TPSA) is 89.8 Å². The SMILES string of the molecule is N#Cc1cc(Cc2n[nH]c(=O)c3ccccc23)ccc1O. The summed E-state index contributed by atoms with van der Waals surface area (Å²) in [6.07, 6.45) is 0.465. The number of phenolic OH excluding ortho intramolecular Hbond substituents is 1. The first-order valence-corrected chi connectivity index (χ1v) is 6.37. The molecule has 21 heavy (non-hydrogen) atoms. The van der Waals surface area contributed by atoms with E-state index in [2.05, 4.69) is 10.2 Å². The molecule has 0 fully saturated rings. The molecule has 3 aromatic rings. The zero-order valence-corrected chi connectivity index (χ0v) is 11.0. The summed E-state index contributed by atoms with van der Waals surface area (Å²) in [6, 6.07) is 14.0. The molecule has 5 nitrogen and oxygen atoms in total. The Hall–Kier alpha value is -3.13. The molecule has 0 amide bonds. The number of hydrogen-bond acceptors (Lipinski definition) is 4. The molecule has 0 spiro atoms. The summed E-state index contributed by atoms with van der Waals surface area (Å²) in [5.74, 6) is -0.0412. The molecule has 5 heteroatoms. The Balaban J connectivity index is 2.09. The number of hydrogen-bond donors (Lipinski definition) is 2. The van der Waals surface area contributed by atoms with Gasteiger partial charge in [0.1, 0.15) is 11.8 Å². The number of aromatic amines is 1. The molecule has 0 atom stereocenters. The number of rotatable bonds is 2. The minimum Gasteiger partial charge on any atom is -0.507 e. The van der Waals surface area contributed by atoms with Gasteiger partial charge in [-0.15, -0.1) is 0 Å². The van der Waals surface area contributed by atoms with E-state index in [0.29, 0.717) is 11.8 Å². The van der Waals surface area contributed by atoms with Crippen LogP contribution in [0.2, 0.25) is 0 Å². The molecule has 0 unspecified atom stereocenters. The first-order chi connectivity index (χ1) is 10.2. The lowest BCUT2D eigenvalue weighted by Gasteiger charge is -2.06. The zero-order valence-electron chi connectivity index (χ0n) is 11.0. The van der Waals surface area contributed by atoms with Crippen molar-refractivity contribution in [1.29, 1.82) is 5.26 Å². The van der Waals surface area contributed by atoms with Crippen molar-refractivity contribution in [2.24, 2.45) is 0 Å². The summed E-state index contributed by atoms with van der Waals surface area (Å²) < 4.78 is 0. The number of phenols is 1. The number of aromatic nitrogens is 2. The van der Waals surface area contributed by atoms with Crippen LogP contribution < -0.4 is 5.56 Å². The molecule has 1 heterocycles. The summed E-state index contributed by atoms with van der Waals surface area (Å²) in [6.45, 7) is 0. The van der Waals surface area contributed by atoms with Gasteiger partial charge in [-0.2, -0.15) is 10.4 Å². The first kappa shape index (κ1) is 12.9. The van der Waals surface area contributed by atoms with Crippen molar-refractivity contribution in [3.8, 4) is 11.8 Å². The first-order valence-electron chi connectivity index (χ1n) is 6.37. The Kier molecular flexibility index (Phi) is 3.13. The monoisotopic (exact) mass is 277 g/mol. The smallest absolute Gasteiger partial charge is 0.272 e. The van der Waals surface area contributed by atoms with Crippen molar-refractivity contribution < 1.29 is 5.11 Å². The highest BCUT2D eigenvalue weighted by Gasteiger charge is 2.08. The van der Waals surface area contributed by atoms with Gasteiger partial charge in [0.2, 0.25) is 0 Å². The molecule has 0 bridgehead atoms. The van der Waals surface area contributed by atoms with Crippen molar-refractivity contribution in [3.05, 3.63) is 69.6 Å². The molecule has 2 N–H and O–H groups in total. The summed E-state index contributed by atoms with van der Waals surface area (Å²) in [7, 11) is 0. The van der Waals surface area contributed by atoms with Gasteiger partial charge in [-0.3, -0.25) is 4.79 Å². The summed E-state index contributed by atoms with van der Waals surface area (Å²) >= 11 is 0. The second-order valence-electron chi connectivity index (χ2n) is 4.69. The Bertz CT molecular complexity index is 923. The standard InChI is InChI=1S/C16H11N3O2/c17-9-11-7-10(5-6-15(11)20)8-14-12-3-1-2-4-13(12)16(21)19-18-14/h1-7,20H,8H2,(H,19,21). The van der Waals surface area contributed by atoms with Crippen LogP contribution in [0.4, 0.5) is 0 Å². The number of fused-ring (bicyclic) bond motifs is 1. The number of benzene rings is 2. The van der Waals surface area contributed by atoms with Crippen LogP contribution in [0.15, 0.2) is 47.3 Å². The van der Waals surface area contributed by atoms with Crippen LogP contribution in [0.3, 0.4) is 0 Å². The molecule has 102 valence electrons. The lowest BCUT2D eigenvalue weighted by atomic mass is 10.0. The van der Waals surface area contributed by atoms with Gasteiger partial charge in [0.05, 0.1) is 16.6 Å². The number of nitriles is 1. The molecule has 0 aliphatic heterocycles. The molecular weight excluding hydrogens is 266 g/mol. The van der Waals surface area contributed by atoms with Gasteiger partial charge in [-0.1, -0.05) is 24.3 Å². The third-order valence-corrected chi connectivity index (χ3v) is 3.33. The largest absolute Gasteiger partial charge is 0.507 e. The lowest BCUT2D eigenvalue weighted by molar-refractivity contribution is 0.473. The highest BCUT2D eigenvalue weighted by atomic mass is 16.3. The van der Waals surface area contributed by atoms with Crippen LogP contribution in [0.25, 0.3) is 10.8 Å². The highest BCUT2D eigenvalue weighted by molar-refractivity contribution is 5.83. The lowest BCUT2D eigenvalue weighted by Crippen LogP contribution is -2.11. The minimum absolute atomic E-state index is 0.0412. The Labute approximate surface area is 120 Å². The van der Waals surface area contributed by atoms with E-state index < -0.39 is 0 Å². The van der Waals surface area contributed by atoms with Gasteiger partial charge >= 0.3 is 0 Å². The molecule has 0 saturated heterocycles. The van der Waals surface area contributed by atoms with Gasteiger partial charge in [0.25, 0.3) is 5.56 Å². The average Bonchev–Trinajstić information content (AvgIpc) is 2.52. The van der Waals surface area contributed by atoms with Gasteiger partial charge in [-0.05, 0) is 23.8 Å². The molecule has 0 saturated carbocycles. The Morgan fingerprint density at radius 3 is 2.71 bits per heavy atom. The van der Waals surface area contributed by atoms with Gasteiger partial charge in [-0.25, -0.2) is 5.10 Å². The average molecular weight is 277 g/mol. The highest BCUT2D eigenvalue weighted by Crippen LogP contribution is 2.21. The van der Waals surface area contributed by atoms with Gasteiger partial charge in [0.15, 0.2) is 0 Å². The summed E-state index contributed by atoms with van der Waals surface area (Å²) in [5, 5.41) is 26.4. The van der Waals surface area contributed by atoms with Crippen LogP contribution in [0.1, 0.15) is 16.8 Å². The van der Waals surface area contributed by atoms with Crippen molar-refractivity contribution in [2.45, 2.75) is 6.42 Å². The molecule has 3 rings (SSSR count). The third-order valence-electron chi connectivity index (χ3n) is 3.33. The van der Waals surface area contributed by atoms with E-state index >= 15 is 0 Å². The molecule has 0 radical (unpaired) electrons. The second kappa shape index (κ2) is 5.10. The zero-order chi connectivity index (χ0) is 14.8. The number of nitrogens with one attached hydrogen (secondary N) is 1. The fourth-order valence-electron chi connectivity index (χ4n) is 2.28. The fourth-order valence-corrected chi connectivity index (χ4v) is 2.28. The van der Waals surface area contributed by atoms with E-state index in [4.69, 9.17) is 5.26 Å². The maximum atomic E-state index is 11.7. The summed E-state index contributed by atoms with van der Waals surface area (Å²) in [5.41, 5.74) is 1.56. The van der Waals surface area contributed by atoms with Gasteiger partial charge in [0, 0.05) is 11.8 Å². The maximum Gasteiger partial charge on any atom is 0.272 e. The molecular formula is C16H11N3O2. The molecule has 2 aromatic carbocycles. The van der Waals surface area contributed by atoms with E-state index in [1.165, 1.54) is 6.07 Å². The normalized spacial score (nSPS) is 10.4. The van der Waals surface area contributed by atoms with Gasteiger partial charge < -0.3 is 5.11 Å². The molecule has 1 aromatic heterocycles. The van der Waals surface area contributed by atoms with Crippen LogP contribution in [0, 0.1) is 11.3 Å². The van der Waals surface area contributed by atoms with E-state index in [-0.39, 0.29) is 16.9 Å². The predicted molar refractivity (Wildman–Crippen MR) is 78.0 cm³/mol. The number of H-pyrrole nitrogens is 1. The van der Waals surface area contributed by atoms with Crippen LogP contribution in [0.5, 0.6) is 5.75 Å². The molecule has 0 aliphatic rings. The van der Waals surface area contributed by atoms with E-state index in [0.717, 1.165) is 16.6 Å². The molecule has 0 aliphatic carbocycles. The van der Waals surface area contributed by atoms with Crippen molar-refractivity contribution >= 4 is 10.8 Å². The Morgan fingerprint density at radius 1 is 1.19 bits per heavy atom. The van der Waals surface area contributed by atoms with Crippen molar-refractivity contribution in [2.75, 3.05) is 0 Å². The third kappa shape index (κ3) is 2.35. The fraction of sp³-hybridized carbons (Fsp3) is 0.0625. The van der Waals surface area contributed by atoms with E-state index in [1.807, 2.05) is 18.2 Å². The van der Waals surface area contributed by atoms with E-state index in [9.17, 15) is 9.90 Å². The van der Waals surface area contributed by atoms with Crippen LogP contribution in [-0.2, 0) is 6.42 Å². The van der Waals surface area contributed by atoms with Crippen LogP contribution >= 0.6 is 0 Å². The Morgan fingerprint density at radius 2 is 1.95 bits per heavy atom. The quantitative estimate of drug-likeness (QED) is 0.750. The number of nitrogens with zero attached hydrogens (tertiary/aromatic N) is 2.